The molecule has 17 heavy (non-hydrogen) atoms. The number of rotatable bonds is 3. The van der Waals surface area contributed by atoms with Crippen LogP contribution in [0.25, 0.3) is 11.1 Å². The van der Waals surface area contributed by atoms with Gasteiger partial charge >= 0.3 is 0 Å². The van der Waals surface area contributed by atoms with Crippen molar-refractivity contribution in [2.75, 3.05) is 14.2 Å². The summed E-state index contributed by atoms with van der Waals surface area (Å²) in [5.74, 6) is 1.41. The molecule has 0 radical (unpaired) electrons. The zero-order valence-corrected chi connectivity index (χ0v) is 10.2. The molecule has 0 bridgehead atoms. The van der Waals surface area contributed by atoms with Crippen LogP contribution in [0, 0.1) is 0 Å². The summed E-state index contributed by atoms with van der Waals surface area (Å²) in [4.78, 5) is 0. The van der Waals surface area contributed by atoms with Crippen LogP contribution in [0.3, 0.4) is 0 Å². The maximum Gasteiger partial charge on any atom is 0.159 e. The first-order valence-electron chi connectivity index (χ1n) is 4.96. The molecule has 0 saturated carbocycles. The first kappa shape index (κ1) is 11.7. The van der Waals surface area contributed by atoms with E-state index in [1.165, 1.54) is 0 Å². The van der Waals surface area contributed by atoms with Crippen LogP contribution in [0.2, 0.25) is 5.15 Å². The Kier molecular flexibility index (Phi) is 3.44. The Bertz CT molecular complexity index is 532. The van der Waals surface area contributed by atoms with Crippen molar-refractivity contribution in [3.05, 3.63) is 35.6 Å². The van der Waals surface area contributed by atoms with Gasteiger partial charge in [0.05, 0.1) is 20.4 Å². The standard InChI is InChI=1S/C12H11ClN2O2/c1-16-8-3-4-9(11(7-8)17-2)10-5-6-14-15-12(10)13/h3-7H,1-2H3. The predicted octanol–water partition coefficient (Wildman–Crippen LogP) is 2.81. The van der Waals surface area contributed by atoms with E-state index in [2.05, 4.69) is 10.2 Å². The number of aromatic nitrogens is 2. The van der Waals surface area contributed by atoms with Crippen LogP contribution in [-0.4, -0.2) is 24.4 Å². The SMILES string of the molecule is COc1ccc(-c2ccnnc2Cl)c(OC)c1. The molecule has 88 valence electrons. The molecule has 1 aromatic carbocycles. The molecule has 0 aliphatic heterocycles. The molecular formula is C12H11ClN2O2. The molecule has 0 unspecified atom stereocenters. The Morgan fingerprint density at radius 2 is 1.88 bits per heavy atom. The van der Waals surface area contributed by atoms with Crippen molar-refractivity contribution in [2.24, 2.45) is 0 Å². The summed E-state index contributed by atoms with van der Waals surface area (Å²) < 4.78 is 10.4. The van der Waals surface area contributed by atoms with Gasteiger partial charge in [0.1, 0.15) is 11.5 Å². The Morgan fingerprint density at radius 1 is 1.06 bits per heavy atom. The molecule has 0 amide bonds. The minimum atomic E-state index is 0.343. The highest BCUT2D eigenvalue weighted by Crippen LogP contribution is 2.35. The molecule has 0 aliphatic carbocycles. The highest BCUT2D eigenvalue weighted by Gasteiger charge is 2.11. The van der Waals surface area contributed by atoms with E-state index < -0.39 is 0 Å². The lowest BCUT2D eigenvalue weighted by atomic mass is 10.1. The molecule has 0 fully saturated rings. The molecule has 0 N–H and O–H groups in total. The summed E-state index contributed by atoms with van der Waals surface area (Å²) in [5.41, 5.74) is 1.63. The largest absolute Gasteiger partial charge is 0.497 e. The number of hydrogen-bond donors (Lipinski definition) is 0. The summed E-state index contributed by atoms with van der Waals surface area (Å²) in [6.45, 7) is 0. The Morgan fingerprint density at radius 3 is 2.53 bits per heavy atom. The average molecular weight is 251 g/mol. The van der Waals surface area contributed by atoms with Gasteiger partial charge in [-0.15, -0.1) is 5.10 Å². The number of halogens is 1. The molecule has 4 nitrogen and oxygen atoms in total. The first-order valence-corrected chi connectivity index (χ1v) is 5.33. The Labute approximate surface area is 104 Å². The Hall–Kier alpha value is -1.81. The fourth-order valence-electron chi connectivity index (χ4n) is 1.54. The van der Waals surface area contributed by atoms with Crippen LogP contribution in [-0.2, 0) is 0 Å². The number of nitrogens with zero attached hydrogens (tertiary/aromatic N) is 2. The summed E-state index contributed by atoms with van der Waals surface area (Å²) in [6.07, 6.45) is 1.59. The highest BCUT2D eigenvalue weighted by atomic mass is 35.5. The molecule has 2 aromatic rings. The smallest absolute Gasteiger partial charge is 0.159 e. The number of hydrogen-bond acceptors (Lipinski definition) is 4. The molecule has 2 rings (SSSR count). The van der Waals surface area contributed by atoms with Crippen LogP contribution in [0.15, 0.2) is 30.5 Å². The summed E-state index contributed by atoms with van der Waals surface area (Å²) in [5, 5.41) is 7.86. The summed E-state index contributed by atoms with van der Waals surface area (Å²) in [6, 6.07) is 7.31. The monoisotopic (exact) mass is 250 g/mol. The van der Waals surface area contributed by atoms with Crippen LogP contribution < -0.4 is 9.47 Å². The van der Waals surface area contributed by atoms with Crippen molar-refractivity contribution in [3.63, 3.8) is 0 Å². The predicted molar refractivity (Wildman–Crippen MR) is 65.6 cm³/mol. The van der Waals surface area contributed by atoms with E-state index in [1.54, 1.807) is 32.5 Å². The minimum Gasteiger partial charge on any atom is -0.497 e. The minimum absolute atomic E-state index is 0.343. The van der Waals surface area contributed by atoms with E-state index in [4.69, 9.17) is 21.1 Å². The molecule has 5 heteroatoms. The topological polar surface area (TPSA) is 44.2 Å². The van der Waals surface area contributed by atoms with Crippen molar-refractivity contribution in [1.29, 1.82) is 0 Å². The van der Waals surface area contributed by atoms with Crippen LogP contribution in [0.5, 0.6) is 11.5 Å². The normalized spacial score (nSPS) is 10.1. The third kappa shape index (κ3) is 2.31. The van der Waals surface area contributed by atoms with Gasteiger partial charge in [-0.05, 0) is 18.2 Å². The van der Waals surface area contributed by atoms with Gasteiger partial charge in [-0.1, -0.05) is 11.6 Å². The molecule has 0 saturated heterocycles. The molecule has 1 aromatic heterocycles. The quantitative estimate of drug-likeness (QED) is 0.840. The second kappa shape index (κ2) is 5.01. The molecule has 1 heterocycles. The van der Waals surface area contributed by atoms with E-state index in [-0.39, 0.29) is 0 Å². The van der Waals surface area contributed by atoms with Gasteiger partial charge in [0, 0.05) is 17.2 Å². The van der Waals surface area contributed by atoms with Gasteiger partial charge < -0.3 is 9.47 Å². The number of methoxy groups -OCH3 is 2. The fourth-order valence-corrected chi connectivity index (χ4v) is 1.74. The molecule has 0 atom stereocenters. The lowest BCUT2D eigenvalue weighted by molar-refractivity contribution is 0.395. The lowest BCUT2D eigenvalue weighted by Crippen LogP contribution is -1.92. The lowest BCUT2D eigenvalue weighted by Gasteiger charge is -2.10. The maximum atomic E-state index is 6.00. The third-order valence-electron chi connectivity index (χ3n) is 2.37. The molecule has 0 spiro atoms. The van der Waals surface area contributed by atoms with Crippen LogP contribution in [0.1, 0.15) is 0 Å². The van der Waals surface area contributed by atoms with E-state index >= 15 is 0 Å². The van der Waals surface area contributed by atoms with Gasteiger partial charge in [0.25, 0.3) is 0 Å². The van der Waals surface area contributed by atoms with Gasteiger partial charge in [-0.2, -0.15) is 5.10 Å². The van der Waals surface area contributed by atoms with Crippen LogP contribution >= 0.6 is 11.6 Å². The second-order valence-electron chi connectivity index (χ2n) is 3.30. The average Bonchev–Trinajstić information content (AvgIpc) is 2.38. The zero-order chi connectivity index (χ0) is 12.3. The third-order valence-corrected chi connectivity index (χ3v) is 2.65. The van der Waals surface area contributed by atoms with Gasteiger partial charge in [-0.3, -0.25) is 0 Å². The number of ether oxygens (including phenoxy) is 2. The van der Waals surface area contributed by atoms with Gasteiger partial charge in [0.2, 0.25) is 0 Å². The fraction of sp³-hybridized carbons (Fsp3) is 0.167. The summed E-state index contributed by atoms with van der Waals surface area (Å²) in [7, 11) is 3.20. The van der Waals surface area contributed by atoms with Crippen molar-refractivity contribution in [3.8, 4) is 22.6 Å². The van der Waals surface area contributed by atoms with E-state index in [0.717, 1.165) is 16.9 Å². The van der Waals surface area contributed by atoms with Gasteiger partial charge in [-0.25, -0.2) is 0 Å². The van der Waals surface area contributed by atoms with Crippen molar-refractivity contribution >= 4 is 11.6 Å². The van der Waals surface area contributed by atoms with E-state index in [1.807, 2.05) is 12.1 Å². The first-order chi connectivity index (χ1) is 8.26. The van der Waals surface area contributed by atoms with Crippen molar-refractivity contribution in [2.45, 2.75) is 0 Å². The van der Waals surface area contributed by atoms with E-state index in [0.29, 0.717) is 10.9 Å². The molecular weight excluding hydrogens is 240 g/mol. The zero-order valence-electron chi connectivity index (χ0n) is 9.48. The molecule has 0 aliphatic rings. The second-order valence-corrected chi connectivity index (χ2v) is 3.66. The maximum absolute atomic E-state index is 6.00. The van der Waals surface area contributed by atoms with Crippen LogP contribution in [0.4, 0.5) is 0 Å². The van der Waals surface area contributed by atoms with Crippen molar-refractivity contribution < 1.29 is 9.47 Å². The highest BCUT2D eigenvalue weighted by molar-refractivity contribution is 6.32. The van der Waals surface area contributed by atoms with Gasteiger partial charge in [0.15, 0.2) is 5.15 Å². The van der Waals surface area contributed by atoms with E-state index in [9.17, 15) is 0 Å². The number of benzene rings is 1. The van der Waals surface area contributed by atoms with Crippen molar-refractivity contribution in [1.82, 2.24) is 10.2 Å². The summed E-state index contributed by atoms with van der Waals surface area (Å²) >= 11 is 6.00. The Balaban J connectivity index is 2.56.